The maximum absolute atomic E-state index is 13.1. The lowest BCUT2D eigenvalue weighted by Crippen LogP contribution is -2.60. The second-order valence-electron chi connectivity index (χ2n) is 7.17. The quantitative estimate of drug-likeness (QED) is 0.879. The van der Waals surface area contributed by atoms with E-state index in [0.29, 0.717) is 5.56 Å². The van der Waals surface area contributed by atoms with Gasteiger partial charge in [0.25, 0.3) is 0 Å². The maximum atomic E-state index is 13.1. The van der Waals surface area contributed by atoms with E-state index in [2.05, 4.69) is 0 Å². The number of aliphatic carboxylic acids is 1. The Balaban J connectivity index is 2.24. The first-order valence-corrected chi connectivity index (χ1v) is 8.31. The van der Waals surface area contributed by atoms with E-state index in [9.17, 15) is 18.8 Å². The van der Waals surface area contributed by atoms with Crippen molar-refractivity contribution < 1.29 is 28.6 Å². The fourth-order valence-corrected chi connectivity index (χ4v) is 2.74. The molecule has 0 bridgehead atoms. The largest absolute Gasteiger partial charge is 0.480 e. The van der Waals surface area contributed by atoms with Crippen molar-refractivity contribution in [2.45, 2.75) is 38.8 Å². The molecule has 0 aliphatic carbocycles. The maximum Gasteiger partial charge on any atom is 0.411 e. The van der Waals surface area contributed by atoms with Crippen LogP contribution in [0.5, 0.6) is 0 Å². The van der Waals surface area contributed by atoms with Crippen molar-refractivity contribution in [2.75, 3.05) is 19.6 Å². The Bertz CT molecular complexity index is 684. The molecule has 1 aliphatic rings. The molecule has 0 saturated carbocycles. The second kappa shape index (κ2) is 7.72. The van der Waals surface area contributed by atoms with Crippen molar-refractivity contribution in [3.05, 3.63) is 35.6 Å². The average molecular weight is 366 g/mol. The molecule has 1 aromatic rings. The highest BCUT2D eigenvalue weighted by Gasteiger charge is 2.39. The standard InChI is InChI=1S/C18H23FN2O5/c1-18(2,3)26-17(25)21-9-8-20(11-15(22)23)16(24)14(21)10-12-4-6-13(19)7-5-12/h4-7,14H,8-11H2,1-3H3,(H,22,23). The van der Waals surface area contributed by atoms with E-state index in [1.165, 1.54) is 34.1 Å². The highest BCUT2D eigenvalue weighted by molar-refractivity contribution is 5.89. The molecule has 1 aromatic carbocycles. The molecule has 0 radical (unpaired) electrons. The van der Waals surface area contributed by atoms with Crippen LogP contribution < -0.4 is 0 Å². The molecule has 1 atom stereocenters. The summed E-state index contributed by atoms with van der Waals surface area (Å²) in [5.41, 5.74) is -0.0610. The molecule has 26 heavy (non-hydrogen) atoms. The van der Waals surface area contributed by atoms with E-state index < -0.39 is 42.0 Å². The van der Waals surface area contributed by atoms with Crippen LogP contribution in [0.4, 0.5) is 9.18 Å². The highest BCUT2D eigenvalue weighted by Crippen LogP contribution is 2.20. The van der Waals surface area contributed by atoms with Crippen LogP contribution in [-0.4, -0.2) is 64.2 Å². The number of benzene rings is 1. The minimum absolute atomic E-state index is 0.115. The summed E-state index contributed by atoms with van der Waals surface area (Å²) < 4.78 is 18.5. The smallest absolute Gasteiger partial charge is 0.411 e. The zero-order valence-electron chi connectivity index (χ0n) is 15.1. The predicted molar refractivity (Wildman–Crippen MR) is 91.0 cm³/mol. The van der Waals surface area contributed by atoms with Gasteiger partial charge in [0, 0.05) is 19.5 Å². The Morgan fingerprint density at radius 3 is 2.38 bits per heavy atom. The van der Waals surface area contributed by atoms with Gasteiger partial charge in [0.15, 0.2) is 0 Å². The van der Waals surface area contributed by atoms with E-state index in [4.69, 9.17) is 9.84 Å². The predicted octanol–water partition coefficient (Wildman–Crippen LogP) is 1.90. The number of piperazine rings is 1. The summed E-state index contributed by atoms with van der Waals surface area (Å²) in [6, 6.07) is 4.71. The Morgan fingerprint density at radius 1 is 1.23 bits per heavy atom. The monoisotopic (exact) mass is 366 g/mol. The molecule has 1 unspecified atom stereocenters. The lowest BCUT2D eigenvalue weighted by Gasteiger charge is -2.40. The first-order valence-electron chi connectivity index (χ1n) is 8.31. The number of halogens is 1. The summed E-state index contributed by atoms with van der Waals surface area (Å²) in [5, 5.41) is 8.98. The van der Waals surface area contributed by atoms with Crippen LogP contribution in [0.15, 0.2) is 24.3 Å². The minimum Gasteiger partial charge on any atom is -0.480 e. The number of nitrogens with zero attached hydrogens (tertiary/aromatic N) is 2. The number of carbonyl (C=O) groups excluding carboxylic acids is 2. The molecule has 1 aliphatic heterocycles. The Hall–Kier alpha value is -2.64. The van der Waals surface area contributed by atoms with Crippen LogP contribution in [0.25, 0.3) is 0 Å². The Morgan fingerprint density at radius 2 is 1.85 bits per heavy atom. The molecule has 1 N–H and O–H groups in total. The highest BCUT2D eigenvalue weighted by atomic mass is 19.1. The normalized spacial score (nSPS) is 18.0. The average Bonchev–Trinajstić information content (AvgIpc) is 2.51. The van der Waals surface area contributed by atoms with Crippen LogP contribution in [0, 0.1) is 5.82 Å². The summed E-state index contributed by atoms with van der Waals surface area (Å²) >= 11 is 0. The molecular formula is C18H23FN2O5. The molecule has 1 heterocycles. The molecule has 142 valence electrons. The number of amides is 2. The van der Waals surface area contributed by atoms with Gasteiger partial charge in [-0.15, -0.1) is 0 Å². The van der Waals surface area contributed by atoms with Gasteiger partial charge in [-0.25, -0.2) is 9.18 Å². The molecule has 8 heteroatoms. The number of carboxylic acids is 1. The van der Waals surface area contributed by atoms with Crippen molar-refractivity contribution in [3.8, 4) is 0 Å². The minimum atomic E-state index is -1.12. The molecule has 2 rings (SSSR count). The third kappa shape index (κ3) is 5.18. The van der Waals surface area contributed by atoms with E-state index in [0.717, 1.165) is 0 Å². The van der Waals surface area contributed by atoms with Crippen molar-refractivity contribution in [3.63, 3.8) is 0 Å². The Kier molecular flexibility index (Phi) is 5.84. The number of hydrogen-bond donors (Lipinski definition) is 1. The van der Waals surface area contributed by atoms with Gasteiger partial charge >= 0.3 is 12.1 Å². The van der Waals surface area contributed by atoms with Crippen molar-refractivity contribution in [1.29, 1.82) is 0 Å². The topological polar surface area (TPSA) is 87.2 Å². The third-order valence-corrected chi connectivity index (χ3v) is 3.88. The zero-order valence-corrected chi connectivity index (χ0v) is 15.1. The number of carbonyl (C=O) groups is 3. The summed E-state index contributed by atoms with van der Waals surface area (Å²) in [7, 11) is 0. The van der Waals surface area contributed by atoms with Gasteiger partial charge in [-0.3, -0.25) is 14.5 Å². The summed E-state index contributed by atoms with van der Waals surface area (Å²) in [6.07, 6.45) is -0.484. The van der Waals surface area contributed by atoms with Gasteiger partial charge in [-0.1, -0.05) is 12.1 Å². The van der Waals surface area contributed by atoms with E-state index in [1.807, 2.05) is 0 Å². The molecule has 1 fully saturated rings. The SMILES string of the molecule is CC(C)(C)OC(=O)N1CCN(CC(=O)O)C(=O)C1Cc1ccc(F)cc1. The van der Waals surface area contributed by atoms with Gasteiger partial charge < -0.3 is 14.7 Å². The van der Waals surface area contributed by atoms with Gasteiger partial charge in [-0.05, 0) is 38.5 Å². The lowest BCUT2D eigenvalue weighted by atomic mass is 10.0. The van der Waals surface area contributed by atoms with Crippen LogP contribution in [0.1, 0.15) is 26.3 Å². The van der Waals surface area contributed by atoms with Gasteiger partial charge in [0.1, 0.15) is 24.0 Å². The molecule has 2 amide bonds. The molecular weight excluding hydrogens is 343 g/mol. The molecule has 0 aromatic heterocycles. The summed E-state index contributed by atoms with van der Waals surface area (Å²) in [5.74, 6) is -1.99. The first-order chi connectivity index (χ1) is 12.1. The first kappa shape index (κ1) is 19.7. The van der Waals surface area contributed by atoms with Gasteiger partial charge in [-0.2, -0.15) is 0 Å². The Labute approximate surface area is 151 Å². The van der Waals surface area contributed by atoms with Gasteiger partial charge in [0.05, 0.1) is 0 Å². The molecule has 7 nitrogen and oxygen atoms in total. The zero-order chi connectivity index (χ0) is 19.5. The lowest BCUT2D eigenvalue weighted by molar-refractivity contribution is -0.149. The molecule has 1 saturated heterocycles. The van der Waals surface area contributed by atoms with E-state index in [-0.39, 0.29) is 19.5 Å². The fourth-order valence-electron chi connectivity index (χ4n) is 2.74. The van der Waals surface area contributed by atoms with Crippen LogP contribution in [0.2, 0.25) is 0 Å². The summed E-state index contributed by atoms with van der Waals surface area (Å²) in [6.45, 7) is 5.03. The fraction of sp³-hybridized carbons (Fsp3) is 0.500. The number of rotatable bonds is 4. The van der Waals surface area contributed by atoms with Crippen LogP contribution in [-0.2, 0) is 20.7 Å². The number of carboxylic acid groups (broad SMARTS) is 1. The van der Waals surface area contributed by atoms with Crippen molar-refractivity contribution in [2.24, 2.45) is 0 Å². The van der Waals surface area contributed by atoms with Crippen molar-refractivity contribution in [1.82, 2.24) is 9.80 Å². The molecule has 0 spiro atoms. The van der Waals surface area contributed by atoms with E-state index >= 15 is 0 Å². The van der Waals surface area contributed by atoms with E-state index in [1.54, 1.807) is 20.8 Å². The number of hydrogen-bond acceptors (Lipinski definition) is 4. The summed E-state index contributed by atoms with van der Waals surface area (Å²) in [4.78, 5) is 38.7. The second-order valence-corrected chi connectivity index (χ2v) is 7.17. The third-order valence-electron chi connectivity index (χ3n) is 3.88. The van der Waals surface area contributed by atoms with Crippen molar-refractivity contribution >= 4 is 18.0 Å². The number of ether oxygens (including phenoxy) is 1. The van der Waals surface area contributed by atoms with Crippen LogP contribution >= 0.6 is 0 Å². The van der Waals surface area contributed by atoms with Gasteiger partial charge in [0.2, 0.25) is 5.91 Å². The van der Waals surface area contributed by atoms with Crippen LogP contribution in [0.3, 0.4) is 0 Å².